The van der Waals surface area contributed by atoms with Gasteiger partial charge in [-0.05, 0) is 67.1 Å². The molecule has 2 aromatic heterocycles. The number of fused-ring (bicyclic) bond motifs is 1. The Balaban J connectivity index is 1.23. The molecule has 3 aliphatic rings. The largest absolute Gasteiger partial charge is 0.417 e. The van der Waals surface area contributed by atoms with Crippen LogP contribution in [-0.2, 0) is 10.9 Å². The number of halogens is 3. The van der Waals surface area contributed by atoms with E-state index in [9.17, 15) is 13.2 Å². The molecular formula is C26H34F3N5O. The fourth-order valence-corrected chi connectivity index (χ4v) is 5.81. The first kappa shape index (κ1) is 22.0. The van der Waals surface area contributed by atoms with Crippen molar-refractivity contribution in [3.05, 3.63) is 35.7 Å². The highest BCUT2D eigenvalue weighted by molar-refractivity contribution is 5.65. The highest BCUT2D eigenvalue weighted by Crippen LogP contribution is 2.42. The van der Waals surface area contributed by atoms with Gasteiger partial charge in [0.1, 0.15) is 0 Å². The van der Waals surface area contributed by atoms with E-state index in [1.54, 1.807) is 6.07 Å². The molecule has 4 heterocycles. The standard InChI is InChI=1S/C26H34F3N5O/c1-16-8-23(21-11-30-6-4-22(21)26(27,28)29)32-33-24(16)31-20-9-17-12-34(13-18(17)10-20)14-19-5-7-35-15-25(19,2)3/h4,6,8,11,17-20H,5,7,9-10,12-15H2,1-3H3,(H,31,33)/i14D2. The third-order valence-corrected chi connectivity index (χ3v) is 7.79. The van der Waals surface area contributed by atoms with Crippen LogP contribution in [0.15, 0.2) is 24.5 Å². The Morgan fingerprint density at radius 2 is 1.97 bits per heavy atom. The van der Waals surface area contributed by atoms with Crippen LogP contribution in [0.4, 0.5) is 19.0 Å². The first-order chi connectivity index (χ1) is 17.4. The summed E-state index contributed by atoms with van der Waals surface area (Å²) < 4.78 is 63.9. The number of hydrogen-bond donors (Lipinski definition) is 1. The first-order valence-electron chi connectivity index (χ1n) is 13.3. The van der Waals surface area contributed by atoms with Crippen LogP contribution < -0.4 is 5.32 Å². The summed E-state index contributed by atoms with van der Waals surface area (Å²) in [5, 5.41) is 11.8. The number of hydrogen-bond acceptors (Lipinski definition) is 6. The summed E-state index contributed by atoms with van der Waals surface area (Å²) in [7, 11) is 0. The van der Waals surface area contributed by atoms with Crippen LogP contribution >= 0.6 is 0 Å². The molecule has 2 saturated heterocycles. The van der Waals surface area contributed by atoms with E-state index in [-0.39, 0.29) is 28.6 Å². The Labute approximate surface area is 207 Å². The zero-order valence-corrected chi connectivity index (χ0v) is 20.4. The average Bonchev–Trinajstić information content (AvgIpc) is 3.39. The van der Waals surface area contributed by atoms with Gasteiger partial charge >= 0.3 is 6.18 Å². The molecule has 1 aliphatic carbocycles. The maximum absolute atomic E-state index is 13.4. The monoisotopic (exact) mass is 491 g/mol. The number of aryl methyl sites for hydroxylation is 1. The number of nitrogens with zero attached hydrogens (tertiary/aromatic N) is 4. The second kappa shape index (κ2) is 9.32. The van der Waals surface area contributed by atoms with Crippen LogP contribution in [0.3, 0.4) is 0 Å². The molecule has 2 aromatic rings. The van der Waals surface area contributed by atoms with Crippen LogP contribution in [0.2, 0.25) is 0 Å². The van der Waals surface area contributed by atoms with Crippen LogP contribution in [0.5, 0.6) is 0 Å². The minimum absolute atomic E-state index is 0.0735. The van der Waals surface area contributed by atoms with Gasteiger partial charge in [0, 0.05) is 52.9 Å². The number of aromatic nitrogens is 3. The molecule has 35 heavy (non-hydrogen) atoms. The molecule has 9 heteroatoms. The average molecular weight is 492 g/mol. The van der Waals surface area contributed by atoms with E-state index in [1.807, 2.05) is 11.8 Å². The summed E-state index contributed by atoms with van der Waals surface area (Å²) in [4.78, 5) is 5.89. The Morgan fingerprint density at radius 1 is 1.23 bits per heavy atom. The fraction of sp³-hybridized carbons (Fsp3) is 0.654. The summed E-state index contributed by atoms with van der Waals surface area (Å²) >= 11 is 0. The minimum atomic E-state index is -4.50. The molecule has 0 amide bonds. The van der Waals surface area contributed by atoms with Gasteiger partial charge in [0.15, 0.2) is 5.82 Å². The molecule has 0 radical (unpaired) electrons. The zero-order valence-electron chi connectivity index (χ0n) is 22.4. The van der Waals surface area contributed by atoms with Gasteiger partial charge in [-0.1, -0.05) is 13.8 Å². The molecule has 0 bridgehead atoms. The predicted molar refractivity (Wildman–Crippen MR) is 128 cm³/mol. The molecule has 0 aromatic carbocycles. The van der Waals surface area contributed by atoms with Gasteiger partial charge in [0.25, 0.3) is 0 Å². The maximum Gasteiger partial charge on any atom is 0.417 e. The molecule has 3 atom stereocenters. The Bertz CT molecular complexity index is 1130. The lowest BCUT2D eigenvalue weighted by molar-refractivity contribution is -0.137. The second-order valence-corrected chi connectivity index (χ2v) is 10.9. The fourth-order valence-electron chi connectivity index (χ4n) is 5.81. The van der Waals surface area contributed by atoms with Gasteiger partial charge in [-0.15, -0.1) is 10.2 Å². The van der Waals surface area contributed by atoms with E-state index >= 15 is 0 Å². The van der Waals surface area contributed by atoms with Gasteiger partial charge in [-0.3, -0.25) is 4.98 Å². The Kier molecular flexibility index (Phi) is 5.85. The number of likely N-dealkylation sites (tertiary alicyclic amines) is 1. The lowest BCUT2D eigenvalue weighted by Gasteiger charge is -2.40. The van der Waals surface area contributed by atoms with E-state index in [2.05, 4.69) is 34.3 Å². The van der Waals surface area contributed by atoms with Crippen molar-refractivity contribution in [1.29, 1.82) is 0 Å². The minimum Gasteiger partial charge on any atom is -0.381 e. The molecule has 190 valence electrons. The predicted octanol–water partition coefficient (Wildman–Crippen LogP) is 5.05. The van der Waals surface area contributed by atoms with E-state index in [0.717, 1.165) is 50.2 Å². The molecule has 3 unspecified atom stereocenters. The molecular weight excluding hydrogens is 455 g/mol. The van der Waals surface area contributed by atoms with Gasteiger partial charge in [-0.25, -0.2) is 0 Å². The number of ether oxygens (including phenoxy) is 1. The van der Waals surface area contributed by atoms with Gasteiger partial charge in [0.05, 0.1) is 17.9 Å². The van der Waals surface area contributed by atoms with Crippen LogP contribution in [-0.4, -0.2) is 58.9 Å². The molecule has 0 spiro atoms. The Morgan fingerprint density at radius 3 is 2.63 bits per heavy atom. The summed E-state index contributed by atoms with van der Waals surface area (Å²) in [6.45, 7) is 7.28. The van der Waals surface area contributed by atoms with Crippen molar-refractivity contribution in [1.82, 2.24) is 20.1 Å². The smallest absolute Gasteiger partial charge is 0.381 e. The molecule has 3 fully saturated rings. The van der Waals surface area contributed by atoms with Crippen molar-refractivity contribution in [2.45, 2.75) is 52.3 Å². The SMILES string of the molecule is [2H]C([2H])(C1CCOCC1(C)C)N1CC2CC(Nc3nnc(-c4cnccc4C(F)(F)F)cc3C)CC2C1. The highest BCUT2D eigenvalue weighted by Gasteiger charge is 2.43. The third kappa shape index (κ3) is 5.16. The first-order valence-corrected chi connectivity index (χ1v) is 12.3. The molecule has 1 saturated carbocycles. The highest BCUT2D eigenvalue weighted by atomic mass is 19.4. The quantitative estimate of drug-likeness (QED) is 0.632. The number of anilines is 1. The van der Waals surface area contributed by atoms with Gasteiger partial charge in [0.2, 0.25) is 0 Å². The number of pyridine rings is 1. The zero-order chi connectivity index (χ0) is 26.6. The van der Waals surface area contributed by atoms with Crippen molar-refractivity contribution in [3.8, 4) is 11.3 Å². The summed E-state index contributed by atoms with van der Waals surface area (Å²) in [5.74, 6) is 1.29. The van der Waals surface area contributed by atoms with Crippen molar-refractivity contribution < 1.29 is 20.6 Å². The lowest BCUT2D eigenvalue weighted by Crippen LogP contribution is -2.42. The van der Waals surface area contributed by atoms with E-state index in [0.29, 0.717) is 30.9 Å². The lowest BCUT2D eigenvalue weighted by atomic mass is 9.76. The van der Waals surface area contributed by atoms with Crippen LogP contribution in [0.25, 0.3) is 11.3 Å². The van der Waals surface area contributed by atoms with Crippen LogP contribution in [0.1, 0.15) is 47.0 Å². The summed E-state index contributed by atoms with van der Waals surface area (Å²) in [6.07, 6.45) is 0.320. The number of rotatable bonds is 5. The van der Waals surface area contributed by atoms with E-state index in [4.69, 9.17) is 7.48 Å². The second-order valence-electron chi connectivity index (χ2n) is 10.9. The van der Waals surface area contributed by atoms with Crippen LogP contribution in [0, 0.1) is 30.1 Å². The Hall–Kier alpha value is -2.26. The van der Waals surface area contributed by atoms with Crippen molar-refractivity contribution in [3.63, 3.8) is 0 Å². The van der Waals surface area contributed by atoms with E-state index in [1.165, 1.54) is 6.20 Å². The summed E-state index contributed by atoms with van der Waals surface area (Å²) in [5.41, 5.74) is -0.217. The summed E-state index contributed by atoms with van der Waals surface area (Å²) in [6, 6.07) is 2.74. The van der Waals surface area contributed by atoms with Crippen molar-refractivity contribution in [2.24, 2.45) is 23.2 Å². The topological polar surface area (TPSA) is 63.2 Å². The molecule has 5 rings (SSSR count). The molecule has 1 N–H and O–H groups in total. The van der Waals surface area contributed by atoms with Crippen molar-refractivity contribution in [2.75, 3.05) is 38.1 Å². The number of nitrogens with one attached hydrogen (secondary N) is 1. The third-order valence-electron chi connectivity index (χ3n) is 7.79. The molecule has 2 aliphatic heterocycles. The van der Waals surface area contributed by atoms with E-state index < -0.39 is 18.2 Å². The normalized spacial score (nSPS) is 30.0. The van der Waals surface area contributed by atoms with Crippen molar-refractivity contribution >= 4 is 5.82 Å². The van der Waals surface area contributed by atoms with Gasteiger partial charge in [-0.2, -0.15) is 13.2 Å². The maximum atomic E-state index is 13.4. The number of alkyl halides is 3. The van der Waals surface area contributed by atoms with Gasteiger partial charge < -0.3 is 15.0 Å². The molecule has 6 nitrogen and oxygen atoms in total.